The quantitative estimate of drug-likeness (QED) is 0.0114. The molecule has 3 unspecified atom stereocenters. The standard InChI is InChI=1S/C81H117N15O13S3Si/c1-12-93-41-32-68(91-78(93)86-54(6)110-66-33-42-94-40-31-65(88-79(94)89-66)109-113(81(7,8)9,55-24-15-13-16-25-55)56-26-17-14-18-27-56)112-69-35-44-95-43-34-67(90-80(95)92-69)111-62-49-70(100)96(76(62)104)39-21-30-64(99)83-36-20-29-63(98)84-37-22-38-85-71-57-45-50(2)46-61(107-11)72(101)52(4)47-53(5)74(108-77(82)105)60(106-10)28-19-23-51(3)75(103)87-58(73(57)102)48-59(71)97/h13-19,23-28,47-48,50,52,54,60-62,65-69,72,74,85,101H,12,20-22,29-46,49H2,1-11H3,(H2,82,105)(H,83,99)(H,84,98)(H,86,91)(H,87,103)(H,88,89)(H,90,92)/b28-19-,51-23+,53-47+/t50-,52+,54?,60+,61+,62?,65+,66+,67+,68+,69?,72-,74+/m1/s1. The highest BCUT2D eigenvalue weighted by Crippen LogP contribution is 2.40. The van der Waals surface area contributed by atoms with Gasteiger partial charge in [-0.25, -0.2) is 19.8 Å². The van der Waals surface area contributed by atoms with Crippen molar-refractivity contribution in [1.82, 2.24) is 56.8 Å². The molecular formula is C81H117N15O13S3Si. The number of aliphatic imine (C=N–C) groups is 3. The largest absolute Gasteiger partial charge is 0.439 e. The Morgan fingerprint density at radius 2 is 1.40 bits per heavy atom. The number of nitrogens with two attached hydrogens (primary N) is 1. The summed E-state index contributed by atoms with van der Waals surface area (Å²) in [6.07, 6.45) is 8.67. The number of aliphatic hydroxyl groups is 1. The predicted octanol–water partition coefficient (Wildman–Crippen LogP) is 6.20. The maximum absolute atomic E-state index is 14.2. The van der Waals surface area contributed by atoms with Gasteiger partial charge in [0.1, 0.15) is 28.5 Å². The molecule has 113 heavy (non-hydrogen) atoms. The Hall–Kier alpha value is -7.98. The minimum Gasteiger partial charge on any atom is -0.439 e. The number of nitrogens with zero attached hydrogens (tertiary/aromatic N) is 7. The second kappa shape index (κ2) is 41.0. The van der Waals surface area contributed by atoms with E-state index in [4.69, 9.17) is 39.3 Å². The van der Waals surface area contributed by atoms with Crippen LogP contribution in [0.25, 0.3) is 0 Å². The van der Waals surface area contributed by atoms with E-state index >= 15 is 0 Å². The Morgan fingerprint density at radius 1 is 0.770 bits per heavy atom. The zero-order chi connectivity index (χ0) is 81.1. The smallest absolute Gasteiger partial charge is 0.405 e. The number of hydrogen-bond donors (Lipinski definition) is 9. The van der Waals surface area contributed by atoms with Crippen molar-refractivity contribution in [2.24, 2.45) is 32.5 Å². The lowest BCUT2D eigenvalue weighted by atomic mass is 9.85. The van der Waals surface area contributed by atoms with Crippen LogP contribution in [0, 0.1) is 11.8 Å². The molecule has 10 rings (SSSR count). The fraction of sp³-hybridized carbons (Fsp3) is 0.593. The Bertz CT molecular complexity index is 3930. The van der Waals surface area contributed by atoms with Crippen LogP contribution in [0.2, 0.25) is 5.04 Å². The van der Waals surface area contributed by atoms with Gasteiger partial charge in [0.05, 0.1) is 39.6 Å². The summed E-state index contributed by atoms with van der Waals surface area (Å²) in [5.41, 5.74) is 6.18. The number of carbonyl (C=O) groups excluding carboxylic acids is 8. The van der Waals surface area contributed by atoms with Crippen LogP contribution in [-0.2, 0) is 52.2 Å². The molecular weight excluding hydrogens is 1520 g/mol. The van der Waals surface area contributed by atoms with Crippen LogP contribution >= 0.6 is 35.3 Å². The summed E-state index contributed by atoms with van der Waals surface area (Å²) in [4.78, 5) is 131. The van der Waals surface area contributed by atoms with Gasteiger partial charge in [0, 0.05) is 128 Å². The van der Waals surface area contributed by atoms with Gasteiger partial charge in [-0.1, -0.05) is 120 Å². The number of allylic oxidation sites excluding steroid dienone is 4. The van der Waals surface area contributed by atoms with Crippen molar-refractivity contribution in [2.75, 3.05) is 79.7 Å². The SMILES string of the molecule is CCN1CC[C@H](SC2CCN3CC[C@H](SC4CC(=O)N(CCCC(=O)NCCCC(=O)NCCCNC5=C6C[C@@H](C)C[C@H](OC)[C@H](O)[C@@H](C)/C=C(\C)[C@H](OC(N)=O)[C@@H](OC)/C=C\C=C(/C)C(=O)NC(=CC5=O)C6=O)C4=O)NC3=N2)N=C1NC(C)S[C@H]1CCN2CC[C@H](O[Si](c3ccccc3)(c3ccccc3)C(C)(C)C)NC2=N1. The van der Waals surface area contributed by atoms with Crippen LogP contribution in [0.4, 0.5) is 4.79 Å². The Morgan fingerprint density at radius 3 is 2.06 bits per heavy atom. The molecule has 6 amide bonds. The van der Waals surface area contributed by atoms with E-state index < -0.39 is 67.5 Å². The first kappa shape index (κ1) is 87.4. The number of benzene rings is 2. The maximum Gasteiger partial charge on any atom is 0.405 e. The second-order valence-corrected chi connectivity index (χ2v) is 39.7. The summed E-state index contributed by atoms with van der Waals surface area (Å²) in [6, 6.07) is 21.6. The van der Waals surface area contributed by atoms with Crippen molar-refractivity contribution in [1.29, 1.82) is 0 Å². The summed E-state index contributed by atoms with van der Waals surface area (Å²) in [7, 11) is 0.101. The number of amides is 6. The van der Waals surface area contributed by atoms with Crippen LogP contribution in [-0.4, -0.2) is 241 Å². The third kappa shape index (κ3) is 23.2. The number of ketones is 2. The highest BCUT2D eigenvalue weighted by atomic mass is 32.2. The molecule has 28 nitrogen and oxygen atoms in total. The summed E-state index contributed by atoms with van der Waals surface area (Å²) in [5, 5.41) is 36.0. The van der Waals surface area contributed by atoms with Gasteiger partial charge in [-0.15, -0.1) is 35.3 Å². The van der Waals surface area contributed by atoms with Crippen molar-refractivity contribution >= 4 is 119 Å². The molecule has 32 heteroatoms. The fourth-order valence-electron chi connectivity index (χ4n) is 15.6. The number of likely N-dealkylation sites (tertiary alicyclic amines) is 1. The molecule has 2 aromatic rings. The Balaban J connectivity index is 0.629. The number of imide groups is 1. The molecule has 616 valence electrons. The van der Waals surface area contributed by atoms with Gasteiger partial charge in [0.25, 0.3) is 14.2 Å². The zero-order valence-electron chi connectivity index (χ0n) is 67.2. The van der Waals surface area contributed by atoms with Crippen LogP contribution in [0.5, 0.6) is 0 Å². The number of aliphatic hydroxyl groups excluding tert-OH is 1. The van der Waals surface area contributed by atoms with Crippen molar-refractivity contribution in [3.63, 3.8) is 0 Å². The van der Waals surface area contributed by atoms with Gasteiger partial charge in [-0.2, -0.15) is 0 Å². The van der Waals surface area contributed by atoms with Crippen LogP contribution < -0.4 is 53.3 Å². The molecule has 0 saturated carbocycles. The van der Waals surface area contributed by atoms with E-state index in [9.17, 15) is 43.5 Å². The number of carbonyl (C=O) groups is 8. The first-order valence-electron chi connectivity index (χ1n) is 39.9. The molecule has 0 spiro atoms. The molecule has 13 atom stereocenters. The van der Waals surface area contributed by atoms with Crippen LogP contribution in [0.3, 0.4) is 0 Å². The molecule has 1 aliphatic carbocycles. The third-order valence-corrected chi connectivity index (χ3v) is 30.6. The molecule has 10 N–H and O–H groups in total. The number of Topliss-reactive ketones (excluding diaryl/α,β-unsaturated/α-hetero) is 1. The number of fused-ring (bicyclic) bond motifs is 4. The van der Waals surface area contributed by atoms with E-state index in [1.165, 1.54) is 60.3 Å². The van der Waals surface area contributed by atoms with E-state index in [2.05, 4.69) is 147 Å². The first-order chi connectivity index (χ1) is 54.1. The van der Waals surface area contributed by atoms with E-state index in [0.29, 0.717) is 24.8 Å². The topological polar surface area (TPSA) is 354 Å². The highest BCUT2D eigenvalue weighted by molar-refractivity contribution is 8.01. The van der Waals surface area contributed by atoms with E-state index in [1.54, 1.807) is 37.8 Å². The molecule has 2 bridgehead atoms. The number of primary amides is 1. The fourth-order valence-corrected chi connectivity index (χ4v) is 23.8. The minimum atomic E-state index is -2.78. The average molecular weight is 1630 g/mol. The number of rotatable bonds is 28. The monoisotopic (exact) mass is 1630 g/mol. The van der Waals surface area contributed by atoms with E-state index in [0.717, 1.165) is 95.3 Å². The van der Waals surface area contributed by atoms with Crippen molar-refractivity contribution in [3.8, 4) is 0 Å². The summed E-state index contributed by atoms with van der Waals surface area (Å²) < 4.78 is 24.4. The normalized spacial score (nSPS) is 27.8. The van der Waals surface area contributed by atoms with Crippen LogP contribution in [0.1, 0.15) is 146 Å². The van der Waals surface area contributed by atoms with Gasteiger partial charge in [-0.05, 0) is 112 Å². The molecule has 3 saturated heterocycles. The van der Waals surface area contributed by atoms with Gasteiger partial charge < -0.3 is 81.4 Å². The van der Waals surface area contributed by atoms with Gasteiger partial charge in [-0.3, -0.25) is 38.5 Å². The molecule has 2 aromatic carbocycles. The van der Waals surface area contributed by atoms with Gasteiger partial charge >= 0.3 is 6.09 Å². The molecule has 7 heterocycles. The number of hydrogen-bond acceptors (Lipinski definition) is 26. The second-order valence-electron chi connectivity index (χ2n) is 31.2. The molecule has 7 aliphatic heterocycles. The van der Waals surface area contributed by atoms with Gasteiger partial charge in [0.2, 0.25) is 35.2 Å². The molecule has 0 aromatic heterocycles. The van der Waals surface area contributed by atoms with Crippen molar-refractivity contribution in [2.45, 2.75) is 214 Å². The third-order valence-electron chi connectivity index (χ3n) is 21.7. The van der Waals surface area contributed by atoms with E-state index in [-0.39, 0.29) is 149 Å². The zero-order valence-corrected chi connectivity index (χ0v) is 70.7. The molecule has 3 fully saturated rings. The number of guanidine groups is 3. The maximum atomic E-state index is 14.2. The summed E-state index contributed by atoms with van der Waals surface area (Å²) >= 11 is 5.10. The summed E-state index contributed by atoms with van der Waals surface area (Å²) in [5.74, 6) is -0.938. The lowest BCUT2D eigenvalue weighted by Crippen LogP contribution is -2.70. The van der Waals surface area contributed by atoms with E-state index in [1.807, 2.05) is 18.7 Å². The Labute approximate surface area is 679 Å². The lowest BCUT2D eigenvalue weighted by Gasteiger charge is -2.48. The summed E-state index contributed by atoms with van der Waals surface area (Å²) in [6.45, 7) is 24.2. The molecule has 0 radical (unpaired) electrons. The number of methoxy groups -OCH3 is 2. The molecule has 8 aliphatic rings. The number of ether oxygens (including phenoxy) is 3. The van der Waals surface area contributed by atoms with Crippen LogP contribution in [0.15, 0.2) is 134 Å². The number of thioether (sulfide) groups is 3. The van der Waals surface area contributed by atoms with Crippen molar-refractivity contribution in [3.05, 3.63) is 119 Å². The lowest BCUT2D eigenvalue weighted by molar-refractivity contribution is -0.138. The average Bonchev–Trinajstić information content (AvgIpc) is 1.15. The Kier molecular flexibility index (Phi) is 31.7. The highest BCUT2D eigenvalue weighted by Gasteiger charge is 2.52. The predicted molar refractivity (Wildman–Crippen MR) is 447 cm³/mol. The van der Waals surface area contributed by atoms with Crippen molar-refractivity contribution < 1.29 is 62.1 Å². The minimum absolute atomic E-state index is 0.00436. The first-order valence-corrected chi connectivity index (χ1v) is 44.6. The number of nitrogens with one attached hydrogen (secondary N) is 7. The van der Waals surface area contributed by atoms with Gasteiger partial charge in [0.15, 0.2) is 24.0 Å².